The molecule has 2 rings (SSSR count). The van der Waals surface area contributed by atoms with Crippen molar-refractivity contribution in [2.24, 2.45) is 11.3 Å². The minimum Gasteiger partial charge on any atom is -0.508 e. The summed E-state index contributed by atoms with van der Waals surface area (Å²) < 4.78 is 0. The van der Waals surface area contributed by atoms with Crippen LogP contribution in [0.15, 0.2) is 24.3 Å². The molecule has 1 aliphatic rings. The molecule has 1 fully saturated rings. The SMILES string of the molecule is CNC(=O)C(CCCC(C)(C)C)N(NC(=O)C(CCCC1CCCC1)N(NC(=O)C(CCCc1ccccc1O)NC(C)=O)C(C)=O)C(C)=O. The molecule has 280 valence electrons. The van der Waals surface area contributed by atoms with Gasteiger partial charge in [0.25, 0.3) is 11.8 Å². The Morgan fingerprint density at radius 1 is 0.800 bits per heavy atom. The Morgan fingerprint density at radius 2 is 1.36 bits per heavy atom. The third-order valence-electron chi connectivity index (χ3n) is 9.21. The molecule has 0 bridgehead atoms. The van der Waals surface area contributed by atoms with E-state index in [1.165, 1.54) is 27.8 Å². The van der Waals surface area contributed by atoms with Crippen LogP contribution in [0.2, 0.25) is 0 Å². The van der Waals surface area contributed by atoms with Crippen LogP contribution in [0.3, 0.4) is 0 Å². The summed E-state index contributed by atoms with van der Waals surface area (Å²) in [6.07, 6.45) is 8.93. The molecule has 13 heteroatoms. The monoisotopic (exact) mass is 700 g/mol. The molecule has 6 amide bonds. The van der Waals surface area contributed by atoms with Gasteiger partial charge in [-0.1, -0.05) is 83.9 Å². The maximum Gasteiger partial charge on any atom is 0.263 e. The van der Waals surface area contributed by atoms with Gasteiger partial charge in [-0.2, -0.15) is 0 Å². The van der Waals surface area contributed by atoms with Gasteiger partial charge in [0.05, 0.1) is 0 Å². The quantitative estimate of drug-likeness (QED) is 0.152. The van der Waals surface area contributed by atoms with Crippen molar-refractivity contribution in [2.75, 3.05) is 7.05 Å². The molecular formula is C37H60N6O7. The first kappa shape index (κ1) is 42.0. The number of nitrogens with one attached hydrogen (secondary N) is 4. The van der Waals surface area contributed by atoms with Crippen molar-refractivity contribution in [2.45, 2.75) is 143 Å². The number of likely N-dealkylation sites (N-methyl/N-ethyl adjacent to an activating group) is 1. The van der Waals surface area contributed by atoms with E-state index in [4.69, 9.17) is 0 Å². The fraction of sp³-hybridized carbons (Fsp3) is 0.676. The Kier molecular flexibility index (Phi) is 17.2. The van der Waals surface area contributed by atoms with E-state index in [0.717, 1.165) is 48.5 Å². The fourth-order valence-electron chi connectivity index (χ4n) is 6.52. The van der Waals surface area contributed by atoms with E-state index in [1.807, 2.05) is 0 Å². The molecule has 1 aliphatic carbocycles. The zero-order chi connectivity index (χ0) is 37.4. The summed E-state index contributed by atoms with van der Waals surface area (Å²) in [6.45, 7) is 10.0. The summed E-state index contributed by atoms with van der Waals surface area (Å²) in [7, 11) is 1.46. The highest BCUT2D eigenvalue weighted by Gasteiger charge is 2.36. The molecule has 50 heavy (non-hydrogen) atoms. The van der Waals surface area contributed by atoms with Crippen molar-refractivity contribution in [3.8, 4) is 5.75 Å². The number of amides is 6. The average molecular weight is 701 g/mol. The number of benzene rings is 1. The zero-order valence-corrected chi connectivity index (χ0v) is 31.1. The molecule has 1 aromatic rings. The van der Waals surface area contributed by atoms with Crippen LogP contribution in [0.25, 0.3) is 0 Å². The lowest BCUT2D eigenvalue weighted by atomic mass is 9.89. The lowest BCUT2D eigenvalue weighted by molar-refractivity contribution is -0.155. The van der Waals surface area contributed by atoms with Crippen LogP contribution in [-0.2, 0) is 35.2 Å². The Bertz CT molecular complexity index is 1310. The molecule has 1 saturated carbocycles. The summed E-state index contributed by atoms with van der Waals surface area (Å²) in [5.74, 6) is -2.81. The minimum absolute atomic E-state index is 0.000572. The van der Waals surface area contributed by atoms with E-state index < -0.39 is 53.6 Å². The number of carbonyl (C=O) groups is 6. The summed E-state index contributed by atoms with van der Waals surface area (Å²) in [5.41, 5.74) is 5.92. The van der Waals surface area contributed by atoms with Crippen LogP contribution >= 0.6 is 0 Å². The van der Waals surface area contributed by atoms with Crippen molar-refractivity contribution in [1.29, 1.82) is 0 Å². The predicted octanol–water partition coefficient (Wildman–Crippen LogP) is 4.04. The molecule has 0 heterocycles. The maximum atomic E-state index is 14.1. The van der Waals surface area contributed by atoms with Crippen LogP contribution in [0.5, 0.6) is 5.75 Å². The van der Waals surface area contributed by atoms with Crippen molar-refractivity contribution in [3.63, 3.8) is 0 Å². The molecule has 3 atom stereocenters. The van der Waals surface area contributed by atoms with Crippen molar-refractivity contribution < 1.29 is 33.9 Å². The van der Waals surface area contributed by atoms with Crippen LogP contribution < -0.4 is 21.5 Å². The van der Waals surface area contributed by atoms with E-state index in [9.17, 15) is 33.9 Å². The molecule has 13 nitrogen and oxygen atoms in total. The first-order valence-corrected chi connectivity index (χ1v) is 18.0. The largest absolute Gasteiger partial charge is 0.508 e. The molecule has 0 radical (unpaired) electrons. The third kappa shape index (κ3) is 14.4. The molecule has 0 aliphatic heterocycles. The topological polar surface area (TPSA) is 177 Å². The highest BCUT2D eigenvalue weighted by Crippen LogP contribution is 2.29. The Balaban J connectivity index is 2.33. The van der Waals surface area contributed by atoms with Gasteiger partial charge in [-0.25, -0.2) is 10.0 Å². The zero-order valence-electron chi connectivity index (χ0n) is 31.1. The van der Waals surface area contributed by atoms with Gasteiger partial charge < -0.3 is 15.7 Å². The van der Waals surface area contributed by atoms with Gasteiger partial charge in [0, 0.05) is 27.8 Å². The first-order valence-electron chi connectivity index (χ1n) is 18.0. The standard InChI is InChI=1S/C37H60N6O7/c1-25(44)39-30(20-13-19-29-18-10-11-23-33(29)47)34(48)40-43(27(3)46)32(21-12-17-28-15-8-9-16-28)36(50)41-42(26(2)45)31(35(49)38-7)22-14-24-37(4,5)6/h10-11,18,23,28,30-32,47H,8-9,12-17,19-22,24H2,1-7H3,(H,38,49)(H,39,44)(H,40,48)(H,41,50). The highest BCUT2D eigenvalue weighted by atomic mass is 16.3. The van der Waals surface area contributed by atoms with Crippen molar-refractivity contribution in [3.05, 3.63) is 29.8 Å². The summed E-state index contributed by atoms with van der Waals surface area (Å²) in [4.78, 5) is 78.9. The first-order chi connectivity index (χ1) is 23.5. The lowest BCUT2D eigenvalue weighted by Crippen LogP contribution is -2.63. The number of para-hydroxylation sites is 1. The second-order valence-electron chi connectivity index (χ2n) is 14.7. The van der Waals surface area contributed by atoms with Crippen molar-refractivity contribution in [1.82, 2.24) is 31.5 Å². The van der Waals surface area contributed by atoms with E-state index >= 15 is 0 Å². The Hall–Kier alpha value is -4.16. The van der Waals surface area contributed by atoms with Crippen molar-refractivity contribution >= 4 is 35.4 Å². The number of hydrogen-bond donors (Lipinski definition) is 5. The fourth-order valence-corrected chi connectivity index (χ4v) is 6.52. The molecule has 0 spiro atoms. The second kappa shape index (κ2) is 20.5. The number of phenols is 1. The predicted molar refractivity (Wildman–Crippen MR) is 191 cm³/mol. The average Bonchev–Trinajstić information content (AvgIpc) is 3.56. The molecule has 1 aromatic carbocycles. The summed E-state index contributed by atoms with van der Waals surface area (Å²) in [6, 6.07) is 3.63. The van der Waals surface area contributed by atoms with Crippen LogP contribution in [-0.4, -0.2) is 75.7 Å². The van der Waals surface area contributed by atoms with Gasteiger partial charge in [-0.3, -0.25) is 39.6 Å². The van der Waals surface area contributed by atoms with Gasteiger partial charge in [-0.15, -0.1) is 0 Å². The number of aromatic hydroxyl groups is 1. The van der Waals surface area contributed by atoms with Gasteiger partial charge in [0.2, 0.25) is 23.6 Å². The van der Waals surface area contributed by atoms with Gasteiger partial charge in [0.15, 0.2) is 0 Å². The number of nitrogens with zero attached hydrogens (tertiary/aromatic N) is 2. The highest BCUT2D eigenvalue weighted by molar-refractivity contribution is 5.93. The van der Waals surface area contributed by atoms with Gasteiger partial charge >= 0.3 is 0 Å². The Morgan fingerprint density at radius 3 is 1.90 bits per heavy atom. The minimum atomic E-state index is -1.21. The smallest absolute Gasteiger partial charge is 0.263 e. The van der Waals surface area contributed by atoms with E-state index in [2.05, 4.69) is 42.3 Å². The number of hydrogen-bond acceptors (Lipinski definition) is 7. The lowest BCUT2D eigenvalue weighted by Gasteiger charge is -2.35. The summed E-state index contributed by atoms with van der Waals surface area (Å²) in [5, 5.41) is 17.3. The number of aryl methyl sites for hydroxylation is 1. The molecule has 0 saturated heterocycles. The second-order valence-corrected chi connectivity index (χ2v) is 14.7. The molecule has 3 unspecified atom stereocenters. The molecular weight excluding hydrogens is 640 g/mol. The number of phenolic OH excluding ortho intramolecular Hbond substituents is 1. The number of carbonyl (C=O) groups excluding carboxylic acids is 6. The molecule has 0 aromatic heterocycles. The normalized spacial score (nSPS) is 14.9. The van der Waals surface area contributed by atoms with E-state index in [-0.39, 0.29) is 24.0 Å². The van der Waals surface area contributed by atoms with Gasteiger partial charge in [0.1, 0.15) is 23.9 Å². The Labute approximate surface area is 297 Å². The third-order valence-corrected chi connectivity index (χ3v) is 9.21. The van der Waals surface area contributed by atoms with Gasteiger partial charge in [-0.05, 0) is 61.5 Å². The number of hydrazine groups is 2. The van der Waals surface area contributed by atoms with Crippen LogP contribution in [0, 0.1) is 11.3 Å². The molecule has 5 N–H and O–H groups in total. The number of rotatable bonds is 17. The maximum absolute atomic E-state index is 14.1. The van der Waals surface area contributed by atoms with Crippen LogP contribution in [0.1, 0.15) is 124 Å². The summed E-state index contributed by atoms with van der Waals surface area (Å²) >= 11 is 0. The van der Waals surface area contributed by atoms with Crippen LogP contribution in [0.4, 0.5) is 0 Å². The van der Waals surface area contributed by atoms with E-state index in [1.54, 1.807) is 24.3 Å². The van der Waals surface area contributed by atoms with E-state index in [0.29, 0.717) is 43.6 Å².